The Labute approximate surface area is 129 Å². The zero-order valence-corrected chi connectivity index (χ0v) is 13.5. The molecule has 0 aliphatic rings. The summed E-state index contributed by atoms with van der Waals surface area (Å²) in [7, 11) is 0.132. The van der Waals surface area contributed by atoms with Gasteiger partial charge in [-0.3, -0.25) is 4.79 Å². The van der Waals surface area contributed by atoms with Gasteiger partial charge < -0.3 is 19.9 Å². The number of benzene rings is 1. The predicted octanol–water partition coefficient (Wildman–Crippen LogP) is -0.567. The van der Waals surface area contributed by atoms with Crippen LogP contribution in [0.4, 0.5) is 0 Å². The van der Waals surface area contributed by atoms with Crippen molar-refractivity contribution >= 4 is 15.9 Å². The van der Waals surface area contributed by atoms with Crippen LogP contribution in [-0.4, -0.2) is 64.7 Å². The number of nitrogens with one attached hydrogen (secondary N) is 1. The van der Waals surface area contributed by atoms with Crippen molar-refractivity contribution < 1.29 is 27.8 Å². The Morgan fingerprint density at radius 2 is 2.00 bits per heavy atom. The highest BCUT2D eigenvalue weighted by Crippen LogP contribution is 2.29. The number of sulfonamides is 1. The standard InChI is InChI=1S/C13H20N2O6S/c1-15(9-13(17)14-6-7-16)22(18,19)12-8-10(20-2)4-5-11(12)21-3/h4-5,8,16H,6-7,9H2,1-3H3,(H,14,17). The van der Waals surface area contributed by atoms with Gasteiger partial charge in [-0.05, 0) is 12.1 Å². The van der Waals surface area contributed by atoms with Gasteiger partial charge in [0, 0.05) is 19.7 Å². The number of methoxy groups -OCH3 is 2. The lowest BCUT2D eigenvalue weighted by molar-refractivity contribution is -0.121. The molecule has 22 heavy (non-hydrogen) atoms. The van der Waals surface area contributed by atoms with Crippen molar-refractivity contribution in [3.63, 3.8) is 0 Å². The normalized spacial score (nSPS) is 11.3. The number of hydrogen-bond donors (Lipinski definition) is 2. The highest BCUT2D eigenvalue weighted by Gasteiger charge is 2.27. The van der Waals surface area contributed by atoms with E-state index in [4.69, 9.17) is 14.6 Å². The molecule has 0 saturated heterocycles. The second-order valence-corrected chi connectivity index (χ2v) is 6.36. The number of amides is 1. The van der Waals surface area contributed by atoms with Crippen LogP contribution in [0.25, 0.3) is 0 Å². The number of carbonyl (C=O) groups excluding carboxylic acids is 1. The van der Waals surface area contributed by atoms with Crippen molar-refractivity contribution in [3.05, 3.63) is 18.2 Å². The first-order valence-electron chi connectivity index (χ1n) is 6.42. The van der Waals surface area contributed by atoms with E-state index in [1.165, 1.54) is 33.4 Å². The molecule has 0 aromatic heterocycles. The number of hydrogen-bond acceptors (Lipinski definition) is 6. The van der Waals surface area contributed by atoms with E-state index in [1.807, 2.05) is 0 Å². The van der Waals surface area contributed by atoms with E-state index >= 15 is 0 Å². The zero-order valence-electron chi connectivity index (χ0n) is 12.7. The monoisotopic (exact) mass is 332 g/mol. The molecule has 1 rings (SSSR count). The molecule has 8 nitrogen and oxygen atoms in total. The molecule has 0 radical (unpaired) electrons. The van der Waals surface area contributed by atoms with Crippen LogP contribution in [0.1, 0.15) is 0 Å². The fourth-order valence-electron chi connectivity index (χ4n) is 1.69. The molecule has 0 fully saturated rings. The van der Waals surface area contributed by atoms with Gasteiger partial charge in [-0.2, -0.15) is 4.31 Å². The molecule has 0 unspecified atom stereocenters. The Hall–Kier alpha value is -1.84. The van der Waals surface area contributed by atoms with Gasteiger partial charge in [0.2, 0.25) is 15.9 Å². The third-order valence-electron chi connectivity index (χ3n) is 2.86. The second-order valence-electron chi connectivity index (χ2n) is 4.35. The smallest absolute Gasteiger partial charge is 0.247 e. The van der Waals surface area contributed by atoms with E-state index < -0.39 is 15.9 Å². The summed E-state index contributed by atoms with van der Waals surface area (Å²) in [6.07, 6.45) is 0. The summed E-state index contributed by atoms with van der Waals surface area (Å²) in [4.78, 5) is 11.5. The Morgan fingerprint density at radius 1 is 1.32 bits per heavy atom. The summed E-state index contributed by atoms with van der Waals surface area (Å²) < 4.78 is 36.1. The van der Waals surface area contributed by atoms with Gasteiger partial charge in [-0.1, -0.05) is 0 Å². The highest BCUT2D eigenvalue weighted by molar-refractivity contribution is 7.89. The summed E-state index contributed by atoms with van der Waals surface area (Å²) in [5, 5.41) is 11.0. The molecule has 124 valence electrons. The van der Waals surface area contributed by atoms with Gasteiger partial charge >= 0.3 is 0 Å². The van der Waals surface area contributed by atoms with E-state index in [-0.39, 0.29) is 30.3 Å². The minimum absolute atomic E-state index is 0.0647. The van der Waals surface area contributed by atoms with Gasteiger partial charge in [0.25, 0.3) is 0 Å². The molecule has 1 aromatic rings. The number of ether oxygens (including phenoxy) is 2. The third-order valence-corrected chi connectivity index (χ3v) is 4.68. The zero-order chi connectivity index (χ0) is 16.8. The molecule has 0 heterocycles. The summed E-state index contributed by atoms with van der Waals surface area (Å²) in [6.45, 7) is -0.524. The lowest BCUT2D eigenvalue weighted by Gasteiger charge is -2.19. The van der Waals surface area contributed by atoms with Crippen molar-refractivity contribution in [2.45, 2.75) is 4.90 Å². The molecule has 0 saturated carbocycles. The van der Waals surface area contributed by atoms with Crippen LogP contribution in [0, 0.1) is 0 Å². The van der Waals surface area contributed by atoms with E-state index in [0.29, 0.717) is 5.75 Å². The van der Waals surface area contributed by atoms with Crippen LogP contribution < -0.4 is 14.8 Å². The molecule has 0 aliphatic heterocycles. The van der Waals surface area contributed by atoms with Crippen molar-refractivity contribution in [1.29, 1.82) is 0 Å². The third kappa shape index (κ3) is 4.33. The first-order chi connectivity index (χ1) is 10.4. The highest BCUT2D eigenvalue weighted by atomic mass is 32.2. The fourth-order valence-corrected chi connectivity index (χ4v) is 2.99. The Bertz CT molecular complexity index is 617. The van der Waals surface area contributed by atoms with E-state index in [9.17, 15) is 13.2 Å². The Kier molecular flexibility index (Phi) is 6.60. The van der Waals surface area contributed by atoms with Gasteiger partial charge in [0.15, 0.2) is 0 Å². The van der Waals surface area contributed by atoms with Crippen LogP contribution in [0.3, 0.4) is 0 Å². The number of likely N-dealkylation sites (N-methyl/N-ethyl adjacent to an activating group) is 1. The van der Waals surface area contributed by atoms with E-state index in [0.717, 1.165) is 4.31 Å². The van der Waals surface area contributed by atoms with Crippen LogP contribution in [0.2, 0.25) is 0 Å². The topological polar surface area (TPSA) is 105 Å². The maximum Gasteiger partial charge on any atom is 0.247 e. The van der Waals surface area contributed by atoms with Crippen LogP contribution in [0.5, 0.6) is 11.5 Å². The average Bonchev–Trinajstić information content (AvgIpc) is 2.51. The largest absolute Gasteiger partial charge is 0.497 e. The number of nitrogens with zero attached hydrogens (tertiary/aromatic N) is 1. The quantitative estimate of drug-likeness (QED) is 0.661. The molecule has 1 aromatic carbocycles. The molecular formula is C13H20N2O6S. The van der Waals surface area contributed by atoms with Crippen molar-refractivity contribution in [2.75, 3.05) is 41.0 Å². The lowest BCUT2D eigenvalue weighted by atomic mass is 10.3. The van der Waals surface area contributed by atoms with Crippen molar-refractivity contribution in [3.8, 4) is 11.5 Å². The molecule has 1 amide bonds. The van der Waals surface area contributed by atoms with Crippen LogP contribution in [-0.2, 0) is 14.8 Å². The van der Waals surface area contributed by atoms with Gasteiger partial charge in [0.1, 0.15) is 16.4 Å². The summed E-state index contributed by atoms with van der Waals surface area (Å²) >= 11 is 0. The average molecular weight is 332 g/mol. The molecule has 0 bridgehead atoms. The first-order valence-corrected chi connectivity index (χ1v) is 7.86. The molecule has 0 spiro atoms. The number of carbonyl (C=O) groups is 1. The molecular weight excluding hydrogens is 312 g/mol. The van der Waals surface area contributed by atoms with Crippen LogP contribution >= 0.6 is 0 Å². The number of rotatable bonds is 8. The first kappa shape index (κ1) is 18.2. The van der Waals surface area contributed by atoms with Gasteiger partial charge in [-0.15, -0.1) is 0 Å². The van der Waals surface area contributed by atoms with E-state index in [1.54, 1.807) is 6.07 Å². The summed E-state index contributed by atoms with van der Waals surface area (Å²) in [5.74, 6) is 0.00270. The molecule has 0 atom stereocenters. The summed E-state index contributed by atoms with van der Waals surface area (Å²) in [6, 6.07) is 4.38. The maximum atomic E-state index is 12.6. The van der Waals surface area contributed by atoms with Crippen LogP contribution in [0.15, 0.2) is 23.1 Å². The van der Waals surface area contributed by atoms with Gasteiger partial charge in [0.05, 0.1) is 27.4 Å². The SMILES string of the molecule is COc1ccc(OC)c(S(=O)(=O)N(C)CC(=O)NCCO)c1. The maximum absolute atomic E-state index is 12.6. The number of aliphatic hydroxyl groups is 1. The summed E-state index contributed by atoms with van der Waals surface area (Å²) in [5.41, 5.74) is 0. The Balaban J connectivity index is 3.04. The van der Waals surface area contributed by atoms with Gasteiger partial charge in [-0.25, -0.2) is 8.42 Å². The molecule has 2 N–H and O–H groups in total. The Morgan fingerprint density at radius 3 is 2.55 bits per heavy atom. The number of aliphatic hydroxyl groups excluding tert-OH is 1. The minimum Gasteiger partial charge on any atom is -0.497 e. The fraction of sp³-hybridized carbons (Fsp3) is 0.462. The van der Waals surface area contributed by atoms with Crippen molar-refractivity contribution in [2.24, 2.45) is 0 Å². The second kappa shape index (κ2) is 7.97. The molecule has 0 aliphatic carbocycles. The minimum atomic E-state index is -3.93. The predicted molar refractivity (Wildman–Crippen MR) is 79.5 cm³/mol. The van der Waals surface area contributed by atoms with E-state index in [2.05, 4.69) is 5.32 Å². The molecule has 9 heteroatoms. The lowest BCUT2D eigenvalue weighted by Crippen LogP contribution is -2.39. The van der Waals surface area contributed by atoms with Crippen molar-refractivity contribution in [1.82, 2.24) is 9.62 Å².